The third kappa shape index (κ3) is 3.45. The number of hydrogen-bond acceptors (Lipinski definition) is 2. The van der Waals surface area contributed by atoms with Crippen molar-refractivity contribution >= 4 is 6.41 Å². The van der Waals surface area contributed by atoms with E-state index in [0.717, 1.165) is 13.0 Å². The zero-order valence-corrected chi connectivity index (χ0v) is 7.16. The number of carbonyl (C=O) groups is 1. The zero-order valence-electron chi connectivity index (χ0n) is 7.16. The highest BCUT2D eigenvalue weighted by Crippen LogP contribution is 1.92. The first kappa shape index (κ1) is 9.43. The molecule has 1 atom stereocenters. The second-order valence-electron chi connectivity index (χ2n) is 2.88. The summed E-state index contributed by atoms with van der Waals surface area (Å²) >= 11 is 0. The summed E-state index contributed by atoms with van der Waals surface area (Å²) in [4.78, 5) is 14.0. The lowest BCUT2D eigenvalue weighted by atomic mass is 10.3. The largest absolute Gasteiger partial charge is 0.344 e. The van der Waals surface area contributed by atoms with Gasteiger partial charge in [0.15, 0.2) is 0 Å². The molecule has 0 rings (SSSR count). The van der Waals surface area contributed by atoms with E-state index < -0.39 is 0 Å². The molecule has 1 unspecified atom stereocenters. The van der Waals surface area contributed by atoms with Gasteiger partial charge in [-0.15, -0.1) is 0 Å². The van der Waals surface area contributed by atoms with Gasteiger partial charge in [0.2, 0.25) is 6.41 Å². The Bertz CT molecular complexity index is 104. The van der Waals surface area contributed by atoms with E-state index in [-0.39, 0.29) is 0 Å². The summed E-state index contributed by atoms with van der Waals surface area (Å²) in [5.74, 6) is 0. The van der Waals surface area contributed by atoms with Crippen LogP contribution in [-0.2, 0) is 4.79 Å². The maximum absolute atomic E-state index is 10.2. The topological polar surface area (TPSA) is 23.6 Å². The summed E-state index contributed by atoms with van der Waals surface area (Å²) in [5.41, 5.74) is 0. The van der Waals surface area contributed by atoms with Crippen molar-refractivity contribution in [2.45, 2.75) is 13.0 Å². The Balaban J connectivity index is 3.60. The van der Waals surface area contributed by atoms with E-state index in [1.165, 1.54) is 0 Å². The number of nitrogens with zero attached hydrogens (tertiary/aromatic N) is 2. The first-order valence-corrected chi connectivity index (χ1v) is 3.40. The van der Waals surface area contributed by atoms with Gasteiger partial charge in [-0.05, 0) is 21.0 Å². The number of amides is 1. The third-order valence-corrected chi connectivity index (χ3v) is 1.49. The summed E-state index contributed by atoms with van der Waals surface area (Å²) in [7, 11) is 5.78. The molecule has 0 aromatic heterocycles. The normalized spacial score (nSPS) is 13.3. The second-order valence-corrected chi connectivity index (χ2v) is 2.88. The molecule has 0 heterocycles. The Kier molecular flexibility index (Phi) is 4.03. The predicted molar refractivity (Wildman–Crippen MR) is 41.8 cm³/mol. The molecule has 0 radical (unpaired) electrons. The molecule has 0 aromatic rings. The minimum Gasteiger partial charge on any atom is -0.344 e. The number of rotatable bonds is 4. The van der Waals surface area contributed by atoms with Crippen LogP contribution in [0, 0.1) is 0 Å². The molecule has 0 saturated carbocycles. The highest BCUT2D eigenvalue weighted by molar-refractivity contribution is 5.46. The maximum Gasteiger partial charge on any atom is 0.209 e. The van der Waals surface area contributed by atoms with Crippen LogP contribution < -0.4 is 0 Å². The molecular weight excluding hydrogens is 128 g/mol. The zero-order chi connectivity index (χ0) is 8.15. The van der Waals surface area contributed by atoms with E-state index in [1.54, 1.807) is 11.9 Å². The van der Waals surface area contributed by atoms with Crippen molar-refractivity contribution in [3.05, 3.63) is 0 Å². The second kappa shape index (κ2) is 4.28. The quantitative estimate of drug-likeness (QED) is 0.519. The molecule has 10 heavy (non-hydrogen) atoms. The van der Waals surface area contributed by atoms with Gasteiger partial charge in [0, 0.05) is 19.6 Å². The van der Waals surface area contributed by atoms with Crippen molar-refractivity contribution in [1.82, 2.24) is 9.80 Å². The van der Waals surface area contributed by atoms with Crippen molar-refractivity contribution in [2.24, 2.45) is 0 Å². The van der Waals surface area contributed by atoms with Crippen LogP contribution in [0.1, 0.15) is 6.92 Å². The van der Waals surface area contributed by atoms with Gasteiger partial charge < -0.3 is 9.80 Å². The molecule has 0 aliphatic heterocycles. The van der Waals surface area contributed by atoms with Gasteiger partial charge in [-0.2, -0.15) is 0 Å². The minimum atomic E-state index is 0.299. The highest BCUT2D eigenvalue weighted by Gasteiger charge is 2.06. The average molecular weight is 144 g/mol. The Morgan fingerprint density at radius 3 is 2.20 bits per heavy atom. The van der Waals surface area contributed by atoms with Crippen molar-refractivity contribution in [2.75, 3.05) is 27.7 Å². The molecule has 0 bridgehead atoms. The summed E-state index contributed by atoms with van der Waals surface area (Å²) in [6.45, 7) is 2.93. The standard InChI is InChI=1S/C7H16N2O/c1-7(5-8(2)3)9(4)6-10/h6-7H,5H2,1-4H3. The fraction of sp³-hybridized carbons (Fsp3) is 0.857. The number of carbonyl (C=O) groups excluding carboxylic acids is 1. The van der Waals surface area contributed by atoms with Crippen LogP contribution in [0.4, 0.5) is 0 Å². The van der Waals surface area contributed by atoms with E-state index in [0.29, 0.717) is 6.04 Å². The summed E-state index contributed by atoms with van der Waals surface area (Å²) in [6.07, 6.45) is 0.855. The molecular formula is C7H16N2O. The van der Waals surface area contributed by atoms with Crippen molar-refractivity contribution in [3.63, 3.8) is 0 Å². The molecule has 0 fully saturated rings. The van der Waals surface area contributed by atoms with Gasteiger partial charge in [-0.25, -0.2) is 0 Å². The molecule has 0 spiro atoms. The molecule has 1 amide bonds. The summed E-state index contributed by atoms with van der Waals surface area (Å²) in [5, 5.41) is 0. The molecule has 0 aliphatic rings. The van der Waals surface area contributed by atoms with E-state index >= 15 is 0 Å². The molecule has 0 N–H and O–H groups in total. The number of likely N-dealkylation sites (N-methyl/N-ethyl adjacent to an activating group) is 2. The van der Waals surface area contributed by atoms with Gasteiger partial charge in [0.1, 0.15) is 0 Å². The molecule has 60 valence electrons. The van der Waals surface area contributed by atoms with E-state index in [2.05, 4.69) is 4.90 Å². The minimum absolute atomic E-state index is 0.299. The maximum atomic E-state index is 10.2. The number of hydrogen-bond donors (Lipinski definition) is 0. The molecule has 0 saturated heterocycles. The van der Waals surface area contributed by atoms with Crippen LogP contribution in [0.2, 0.25) is 0 Å². The van der Waals surface area contributed by atoms with Crippen LogP contribution >= 0.6 is 0 Å². The van der Waals surface area contributed by atoms with Gasteiger partial charge in [-0.1, -0.05) is 0 Å². The predicted octanol–water partition coefficient (Wildman–Crippen LogP) is 0.0247. The van der Waals surface area contributed by atoms with Gasteiger partial charge in [0.25, 0.3) is 0 Å². The fourth-order valence-electron chi connectivity index (χ4n) is 0.761. The lowest BCUT2D eigenvalue weighted by molar-refractivity contribution is -0.118. The first-order chi connectivity index (χ1) is 4.57. The van der Waals surface area contributed by atoms with Crippen molar-refractivity contribution in [3.8, 4) is 0 Å². The summed E-state index contributed by atoms with van der Waals surface area (Å²) in [6, 6.07) is 0.299. The SMILES string of the molecule is CC(CN(C)C)N(C)C=O. The first-order valence-electron chi connectivity index (χ1n) is 3.40. The Hall–Kier alpha value is -0.570. The van der Waals surface area contributed by atoms with E-state index in [4.69, 9.17) is 0 Å². The van der Waals surface area contributed by atoms with Crippen LogP contribution in [0.5, 0.6) is 0 Å². The Morgan fingerprint density at radius 1 is 1.40 bits per heavy atom. The monoisotopic (exact) mass is 144 g/mol. The lowest BCUT2D eigenvalue weighted by Crippen LogP contribution is -2.36. The Labute approximate surface area is 62.6 Å². The Morgan fingerprint density at radius 2 is 1.90 bits per heavy atom. The van der Waals surface area contributed by atoms with Gasteiger partial charge in [0.05, 0.1) is 0 Å². The fourth-order valence-corrected chi connectivity index (χ4v) is 0.761. The third-order valence-electron chi connectivity index (χ3n) is 1.49. The van der Waals surface area contributed by atoms with Gasteiger partial charge in [-0.3, -0.25) is 4.79 Å². The highest BCUT2D eigenvalue weighted by atomic mass is 16.1. The van der Waals surface area contributed by atoms with Crippen LogP contribution in [-0.4, -0.2) is 49.9 Å². The van der Waals surface area contributed by atoms with Gasteiger partial charge >= 0.3 is 0 Å². The van der Waals surface area contributed by atoms with Crippen molar-refractivity contribution in [1.29, 1.82) is 0 Å². The van der Waals surface area contributed by atoms with Crippen molar-refractivity contribution < 1.29 is 4.79 Å². The molecule has 3 nitrogen and oxygen atoms in total. The molecule has 0 aliphatic carbocycles. The van der Waals surface area contributed by atoms with Crippen LogP contribution in [0.15, 0.2) is 0 Å². The lowest BCUT2D eigenvalue weighted by Gasteiger charge is -2.23. The smallest absolute Gasteiger partial charge is 0.209 e. The van der Waals surface area contributed by atoms with E-state index in [9.17, 15) is 4.79 Å². The summed E-state index contributed by atoms with van der Waals surface area (Å²) < 4.78 is 0. The van der Waals surface area contributed by atoms with Crippen LogP contribution in [0.3, 0.4) is 0 Å². The molecule has 3 heteroatoms. The molecule has 0 aromatic carbocycles. The average Bonchev–Trinajstić information content (AvgIpc) is 1.85. The van der Waals surface area contributed by atoms with E-state index in [1.807, 2.05) is 21.0 Å². The van der Waals surface area contributed by atoms with Crippen LogP contribution in [0.25, 0.3) is 0 Å².